The summed E-state index contributed by atoms with van der Waals surface area (Å²) in [6, 6.07) is 1.52. The number of nitrogens with one attached hydrogen (secondary N) is 2. The summed E-state index contributed by atoms with van der Waals surface area (Å²) in [6.45, 7) is 0.998. The van der Waals surface area contributed by atoms with Gasteiger partial charge in [-0.2, -0.15) is 5.10 Å². The molecule has 1 aliphatic rings. The molecule has 1 aromatic rings. The topological polar surface area (TPSA) is 61.0 Å². The quantitative estimate of drug-likeness (QED) is 0.792. The highest BCUT2D eigenvalue weighted by Crippen LogP contribution is 2.10. The molecule has 1 aliphatic heterocycles. The molecule has 0 radical (unpaired) electrons. The molecule has 2 rings (SSSR count). The molecule has 0 unspecified atom stereocenters. The predicted octanol–water partition coefficient (Wildman–Crippen LogP) is 1.18. The number of nitrogens with zero attached hydrogens (tertiary/aromatic N) is 2. The van der Waals surface area contributed by atoms with Crippen LogP contribution in [-0.4, -0.2) is 34.2 Å². The average molecular weight is 224 g/mol. The van der Waals surface area contributed by atoms with Crippen molar-refractivity contribution in [2.75, 3.05) is 13.1 Å². The maximum Gasteiger partial charge on any atom is 0.318 e. The van der Waals surface area contributed by atoms with Crippen LogP contribution in [0.15, 0.2) is 24.2 Å². The molecule has 1 aromatic heterocycles. The third-order valence-corrected chi connectivity index (χ3v) is 2.38. The van der Waals surface area contributed by atoms with Crippen LogP contribution in [0.5, 0.6) is 0 Å². The zero-order valence-electron chi connectivity index (χ0n) is 8.74. The largest absolute Gasteiger partial charge is 0.332 e. The van der Waals surface area contributed by atoms with Gasteiger partial charge in [-0.05, 0) is 18.6 Å². The Kier molecular flexibility index (Phi) is 3.19. The molecule has 2 amide bonds. The molecular weight excluding hydrogens is 211 g/mol. The number of carbonyl (C=O) groups is 1. The van der Waals surface area contributed by atoms with Gasteiger partial charge < -0.3 is 10.2 Å². The number of H-pyrrole nitrogens is 1. The number of amides is 2. The monoisotopic (exact) mass is 224 g/mol. The Hall–Kier alpha value is -1.85. The van der Waals surface area contributed by atoms with E-state index in [-0.39, 0.29) is 18.4 Å². The van der Waals surface area contributed by atoms with E-state index in [0.29, 0.717) is 19.5 Å². The number of rotatable bonds is 2. The molecular formula is C10H13FN4O. The molecule has 2 heterocycles. The van der Waals surface area contributed by atoms with E-state index in [1.54, 1.807) is 12.3 Å². The summed E-state index contributed by atoms with van der Waals surface area (Å²) in [5.41, 5.74) is 0.821. The molecule has 0 saturated heterocycles. The van der Waals surface area contributed by atoms with Crippen LogP contribution in [0.25, 0.3) is 0 Å². The van der Waals surface area contributed by atoms with Gasteiger partial charge in [-0.3, -0.25) is 5.10 Å². The summed E-state index contributed by atoms with van der Waals surface area (Å²) in [4.78, 5) is 13.1. The molecule has 86 valence electrons. The Morgan fingerprint density at radius 1 is 1.69 bits per heavy atom. The highest BCUT2D eigenvalue weighted by molar-refractivity contribution is 5.74. The molecule has 0 atom stereocenters. The van der Waals surface area contributed by atoms with Gasteiger partial charge in [-0.15, -0.1) is 0 Å². The summed E-state index contributed by atoms with van der Waals surface area (Å²) in [6.07, 6.45) is 3.70. The van der Waals surface area contributed by atoms with Crippen LogP contribution in [-0.2, 0) is 6.54 Å². The van der Waals surface area contributed by atoms with Gasteiger partial charge in [0.25, 0.3) is 0 Å². The van der Waals surface area contributed by atoms with Crippen molar-refractivity contribution in [3.05, 3.63) is 29.9 Å². The first-order chi connectivity index (χ1) is 7.75. The van der Waals surface area contributed by atoms with Gasteiger partial charge in [0, 0.05) is 12.7 Å². The second kappa shape index (κ2) is 4.78. The SMILES string of the molecule is O=C(NCc1ccn[nH]1)N1CCC=C(F)C1. The van der Waals surface area contributed by atoms with E-state index in [1.807, 2.05) is 0 Å². The van der Waals surface area contributed by atoms with Crippen molar-refractivity contribution >= 4 is 6.03 Å². The van der Waals surface area contributed by atoms with Crippen LogP contribution < -0.4 is 5.32 Å². The molecule has 16 heavy (non-hydrogen) atoms. The Balaban J connectivity index is 1.82. The average Bonchev–Trinajstić information content (AvgIpc) is 2.78. The zero-order valence-corrected chi connectivity index (χ0v) is 8.74. The lowest BCUT2D eigenvalue weighted by atomic mass is 10.2. The zero-order chi connectivity index (χ0) is 11.4. The maximum absolute atomic E-state index is 12.9. The molecule has 6 heteroatoms. The number of hydrogen-bond acceptors (Lipinski definition) is 2. The van der Waals surface area contributed by atoms with Gasteiger partial charge in [0.2, 0.25) is 0 Å². The van der Waals surface area contributed by atoms with E-state index in [0.717, 1.165) is 5.69 Å². The smallest absolute Gasteiger partial charge is 0.318 e. The van der Waals surface area contributed by atoms with Crippen LogP contribution in [0.4, 0.5) is 9.18 Å². The molecule has 0 aliphatic carbocycles. The fraction of sp³-hybridized carbons (Fsp3) is 0.400. The summed E-state index contributed by atoms with van der Waals surface area (Å²) in [5, 5.41) is 9.20. The van der Waals surface area contributed by atoms with Gasteiger partial charge >= 0.3 is 6.03 Å². The molecule has 0 spiro atoms. The van der Waals surface area contributed by atoms with Crippen molar-refractivity contribution in [2.45, 2.75) is 13.0 Å². The van der Waals surface area contributed by atoms with Crippen LogP contribution in [0.3, 0.4) is 0 Å². The Bertz CT molecular complexity index is 388. The minimum Gasteiger partial charge on any atom is -0.332 e. The number of hydrogen-bond donors (Lipinski definition) is 2. The van der Waals surface area contributed by atoms with Crippen molar-refractivity contribution in [3.63, 3.8) is 0 Å². The first-order valence-corrected chi connectivity index (χ1v) is 5.11. The van der Waals surface area contributed by atoms with E-state index < -0.39 is 0 Å². The van der Waals surface area contributed by atoms with Crippen LogP contribution in [0.1, 0.15) is 12.1 Å². The van der Waals surface area contributed by atoms with Gasteiger partial charge in [-0.25, -0.2) is 9.18 Å². The lowest BCUT2D eigenvalue weighted by molar-refractivity contribution is 0.196. The molecule has 0 saturated carbocycles. The van der Waals surface area contributed by atoms with Gasteiger partial charge in [0.05, 0.1) is 18.8 Å². The highest BCUT2D eigenvalue weighted by atomic mass is 19.1. The lowest BCUT2D eigenvalue weighted by Gasteiger charge is -2.24. The van der Waals surface area contributed by atoms with E-state index in [2.05, 4.69) is 15.5 Å². The highest BCUT2D eigenvalue weighted by Gasteiger charge is 2.17. The van der Waals surface area contributed by atoms with Crippen molar-refractivity contribution < 1.29 is 9.18 Å². The second-order valence-corrected chi connectivity index (χ2v) is 3.60. The third kappa shape index (κ3) is 2.59. The minimum atomic E-state index is -0.252. The fourth-order valence-electron chi connectivity index (χ4n) is 1.54. The van der Waals surface area contributed by atoms with E-state index >= 15 is 0 Å². The third-order valence-electron chi connectivity index (χ3n) is 2.38. The number of aromatic amines is 1. The van der Waals surface area contributed by atoms with Crippen LogP contribution in [0, 0.1) is 0 Å². The second-order valence-electron chi connectivity index (χ2n) is 3.60. The predicted molar refractivity (Wildman–Crippen MR) is 56.2 cm³/mol. The Labute approximate surface area is 92.3 Å². The summed E-state index contributed by atoms with van der Waals surface area (Å²) in [5.74, 6) is -0.247. The van der Waals surface area contributed by atoms with Crippen molar-refractivity contribution in [1.29, 1.82) is 0 Å². The van der Waals surface area contributed by atoms with Crippen molar-refractivity contribution in [1.82, 2.24) is 20.4 Å². The molecule has 0 fully saturated rings. The van der Waals surface area contributed by atoms with E-state index in [9.17, 15) is 9.18 Å². The Morgan fingerprint density at radius 3 is 3.25 bits per heavy atom. The number of halogens is 1. The first-order valence-electron chi connectivity index (χ1n) is 5.11. The maximum atomic E-state index is 12.9. The Morgan fingerprint density at radius 2 is 2.56 bits per heavy atom. The molecule has 2 N–H and O–H groups in total. The first kappa shape index (κ1) is 10.7. The van der Waals surface area contributed by atoms with Crippen molar-refractivity contribution in [3.8, 4) is 0 Å². The summed E-state index contributed by atoms with van der Waals surface area (Å²) >= 11 is 0. The summed E-state index contributed by atoms with van der Waals surface area (Å²) in [7, 11) is 0. The minimum absolute atomic E-state index is 0.0643. The fourth-order valence-corrected chi connectivity index (χ4v) is 1.54. The normalized spacial score (nSPS) is 15.8. The molecule has 0 aromatic carbocycles. The van der Waals surface area contributed by atoms with Gasteiger partial charge in [-0.1, -0.05) is 0 Å². The standard InChI is InChI=1S/C10H13FN4O/c11-8-2-1-5-15(7-8)10(16)12-6-9-3-4-13-14-9/h2-4H,1,5-7H2,(H,12,16)(H,13,14). The number of urea groups is 1. The van der Waals surface area contributed by atoms with E-state index in [1.165, 1.54) is 11.0 Å². The van der Waals surface area contributed by atoms with Crippen LogP contribution >= 0.6 is 0 Å². The number of aromatic nitrogens is 2. The molecule has 5 nitrogen and oxygen atoms in total. The van der Waals surface area contributed by atoms with Gasteiger partial charge in [0.1, 0.15) is 5.83 Å². The van der Waals surface area contributed by atoms with E-state index in [4.69, 9.17) is 0 Å². The number of carbonyl (C=O) groups excluding carboxylic acids is 1. The summed E-state index contributed by atoms with van der Waals surface area (Å²) < 4.78 is 12.9. The van der Waals surface area contributed by atoms with Crippen molar-refractivity contribution in [2.24, 2.45) is 0 Å². The lowest BCUT2D eigenvalue weighted by Crippen LogP contribution is -2.42. The van der Waals surface area contributed by atoms with Crippen LogP contribution in [0.2, 0.25) is 0 Å². The van der Waals surface area contributed by atoms with Gasteiger partial charge in [0.15, 0.2) is 0 Å². The molecule has 0 bridgehead atoms.